The lowest BCUT2D eigenvalue weighted by Crippen LogP contribution is -2.51. The molecule has 6 heteroatoms. The Balaban J connectivity index is 1.88. The average molecular weight is 562 g/mol. The predicted octanol–water partition coefficient (Wildman–Crippen LogP) is 7.96. The van der Waals surface area contributed by atoms with Gasteiger partial charge >= 0.3 is 5.97 Å². The summed E-state index contributed by atoms with van der Waals surface area (Å²) in [5.74, 6) is -0.812. The van der Waals surface area contributed by atoms with Crippen molar-refractivity contribution in [1.82, 2.24) is 0 Å². The van der Waals surface area contributed by atoms with Crippen LogP contribution < -0.4 is 5.73 Å². The zero-order valence-corrected chi connectivity index (χ0v) is 26.4. The number of unbranched alkanes of at least 4 members (excludes halogenated alkanes) is 10. The van der Waals surface area contributed by atoms with Crippen molar-refractivity contribution in [2.75, 3.05) is 6.61 Å². The van der Waals surface area contributed by atoms with Crippen LogP contribution in [0.4, 0.5) is 0 Å². The Morgan fingerprint density at radius 3 is 2.15 bits per heavy atom. The van der Waals surface area contributed by atoms with Crippen LogP contribution in [0.3, 0.4) is 0 Å². The van der Waals surface area contributed by atoms with Gasteiger partial charge in [0.2, 0.25) is 0 Å². The minimum absolute atomic E-state index is 0.0259. The maximum Gasteiger partial charge on any atom is 0.325 e. The number of benzene rings is 1. The van der Waals surface area contributed by atoms with E-state index in [1.54, 1.807) is 0 Å². The Morgan fingerprint density at radius 2 is 1.55 bits per heavy atom. The second kappa shape index (κ2) is 18.9. The Bertz CT molecular complexity index is 801. The molecule has 0 bridgehead atoms. The van der Waals surface area contributed by atoms with E-state index in [1.165, 1.54) is 57.8 Å². The monoisotopic (exact) mass is 561 g/mol. The summed E-state index contributed by atoms with van der Waals surface area (Å²) in [6, 6.07) is 9.06. The highest BCUT2D eigenvalue weighted by molar-refractivity contribution is 5.76. The highest BCUT2D eigenvalue weighted by Gasteiger charge is 2.41. The number of carbonyl (C=O) groups is 1. The predicted molar refractivity (Wildman–Crippen MR) is 163 cm³/mol. The Hall–Kier alpha value is -1.47. The van der Waals surface area contributed by atoms with E-state index < -0.39 is 23.9 Å². The van der Waals surface area contributed by atoms with Gasteiger partial charge < -0.3 is 24.7 Å². The fourth-order valence-corrected chi connectivity index (χ4v) is 5.51. The van der Waals surface area contributed by atoms with Crippen molar-refractivity contribution in [2.45, 2.75) is 155 Å². The summed E-state index contributed by atoms with van der Waals surface area (Å²) in [5, 5.41) is 0. The first-order chi connectivity index (χ1) is 19.1. The number of esters is 1. The largest absolute Gasteiger partial charge is 0.461 e. The minimum atomic E-state index is -0.847. The van der Waals surface area contributed by atoms with Gasteiger partial charge in [0.25, 0.3) is 0 Å². The molecule has 1 heterocycles. The summed E-state index contributed by atoms with van der Waals surface area (Å²) < 4.78 is 24.3. The van der Waals surface area contributed by atoms with Gasteiger partial charge in [-0.05, 0) is 39.2 Å². The van der Waals surface area contributed by atoms with Crippen molar-refractivity contribution < 1.29 is 23.7 Å². The molecule has 1 aromatic carbocycles. The molecule has 6 nitrogen and oxygen atoms in total. The quantitative estimate of drug-likeness (QED) is 0.128. The van der Waals surface area contributed by atoms with Gasteiger partial charge in [-0.2, -0.15) is 0 Å². The molecule has 1 aromatic rings. The molecule has 0 spiro atoms. The zero-order chi connectivity index (χ0) is 29.4. The van der Waals surface area contributed by atoms with Gasteiger partial charge in [0.1, 0.15) is 12.1 Å². The van der Waals surface area contributed by atoms with Gasteiger partial charge in [-0.1, -0.05) is 115 Å². The molecule has 1 aliphatic rings. The van der Waals surface area contributed by atoms with Crippen molar-refractivity contribution in [3.63, 3.8) is 0 Å². The average Bonchev–Trinajstić information content (AvgIpc) is 2.94. The molecule has 0 unspecified atom stereocenters. The van der Waals surface area contributed by atoms with Crippen molar-refractivity contribution in [3.05, 3.63) is 35.9 Å². The number of nitrogens with two attached hydrogens (primary N) is 1. The first-order valence-corrected chi connectivity index (χ1v) is 16.1. The Kier molecular flexibility index (Phi) is 16.4. The Morgan fingerprint density at radius 1 is 0.975 bits per heavy atom. The second-order valence-electron chi connectivity index (χ2n) is 12.5. The maximum atomic E-state index is 13.2. The van der Waals surface area contributed by atoms with Crippen LogP contribution in [0.1, 0.15) is 124 Å². The van der Waals surface area contributed by atoms with Crippen LogP contribution in [0, 0.1) is 11.8 Å². The number of hydrogen-bond donors (Lipinski definition) is 1. The van der Waals surface area contributed by atoms with E-state index in [0.717, 1.165) is 24.8 Å². The number of hydrogen-bond acceptors (Lipinski definition) is 6. The lowest BCUT2D eigenvalue weighted by Gasteiger charge is -2.44. The molecule has 0 amide bonds. The topological polar surface area (TPSA) is 80.0 Å². The van der Waals surface area contributed by atoms with Crippen molar-refractivity contribution in [3.8, 4) is 0 Å². The van der Waals surface area contributed by atoms with E-state index >= 15 is 0 Å². The molecule has 0 aromatic heterocycles. The first-order valence-electron chi connectivity index (χ1n) is 16.1. The molecule has 6 atom stereocenters. The molecule has 2 rings (SSSR count). The second-order valence-corrected chi connectivity index (χ2v) is 12.5. The number of ether oxygens (including phenoxy) is 4. The zero-order valence-electron chi connectivity index (χ0n) is 26.4. The van der Waals surface area contributed by atoms with Gasteiger partial charge in [-0.15, -0.1) is 0 Å². The van der Waals surface area contributed by atoms with E-state index in [1.807, 2.05) is 51.1 Å². The van der Waals surface area contributed by atoms with Crippen LogP contribution in [-0.4, -0.2) is 42.7 Å². The molecule has 230 valence electrons. The van der Waals surface area contributed by atoms with Crippen molar-refractivity contribution >= 4 is 5.97 Å². The van der Waals surface area contributed by atoms with Gasteiger partial charge in [-0.3, -0.25) is 4.79 Å². The molecule has 0 saturated carbocycles. The third kappa shape index (κ3) is 13.0. The summed E-state index contributed by atoms with van der Waals surface area (Å²) in [7, 11) is 0. The molecule has 0 aliphatic carbocycles. The van der Waals surface area contributed by atoms with Crippen LogP contribution in [0.25, 0.3) is 0 Å². The van der Waals surface area contributed by atoms with Gasteiger partial charge in [0.05, 0.1) is 25.4 Å². The van der Waals surface area contributed by atoms with Crippen LogP contribution >= 0.6 is 0 Å². The molecule has 1 aliphatic heterocycles. The van der Waals surface area contributed by atoms with E-state index in [-0.39, 0.29) is 24.0 Å². The summed E-state index contributed by atoms with van der Waals surface area (Å²) in [6.45, 7) is 13.3. The molecule has 1 fully saturated rings. The van der Waals surface area contributed by atoms with Crippen LogP contribution in [-0.2, 0) is 30.3 Å². The molecule has 40 heavy (non-hydrogen) atoms. The van der Waals surface area contributed by atoms with E-state index in [9.17, 15) is 4.79 Å². The van der Waals surface area contributed by atoms with Gasteiger partial charge in [0, 0.05) is 11.8 Å². The lowest BCUT2D eigenvalue weighted by molar-refractivity contribution is -0.304. The van der Waals surface area contributed by atoms with Crippen LogP contribution in [0.5, 0.6) is 0 Å². The third-order valence-electron chi connectivity index (χ3n) is 8.27. The SMILES string of the molecule is CCCCCCCCCCCCC[C@@H](OC(=O)[C@@H](N)[C@@H](C)OCc1ccccc1)[C@H](C)[C@H]1OC(C)(C)OC[C@@H]1C. The molecular weight excluding hydrogens is 502 g/mol. The van der Waals surface area contributed by atoms with Crippen LogP contribution in [0.15, 0.2) is 30.3 Å². The lowest BCUT2D eigenvalue weighted by atomic mass is 9.86. The summed E-state index contributed by atoms with van der Waals surface area (Å²) in [4.78, 5) is 13.2. The van der Waals surface area contributed by atoms with Gasteiger partial charge in [-0.25, -0.2) is 0 Å². The standard InChI is InChI=1S/C34H59NO5/c1-7-8-9-10-11-12-13-14-15-16-20-23-30(27(3)32-26(2)24-38-34(5,6)40-32)39-33(36)31(35)28(4)37-25-29-21-18-17-19-22-29/h17-19,21-22,26-28,30-32H,7-16,20,23-25,35H2,1-6H3/t26-,27-,28+,30+,31-,32-/m0/s1. The highest BCUT2D eigenvalue weighted by Crippen LogP contribution is 2.34. The summed E-state index contributed by atoms with van der Waals surface area (Å²) >= 11 is 0. The smallest absolute Gasteiger partial charge is 0.325 e. The maximum absolute atomic E-state index is 13.2. The van der Waals surface area contributed by atoms with Gasteiger partial charge in [0.15, 0.2) is 5.79 Å². The van der Waals surface area contributed by atoms with Crippen molar-refractivity contribution in [1.29, 1.82) is 0 Å². The highest BCUT2D eigenvalue weighted by atomic mass is 16.7. The normalized spacial score (nSPS) is 21.9. The summed E-state index contributed by atoms with van der Waals surface area (Å²) in [5.41, 5.74) is 7.38. The fraction of sp³-hybridized carbons (Fsp3) is 0.794. The first kappa shape index (κ1) is 34.7. The molecule has 1 saturated heterocycles. The molecule has 2 N–H and O–H groups in total. The minimum Gasteiger partial charge on any atom is -0.461 e. The van der Waals surface area contributed by atoms with E-state index in [2.05, 4.69) is 20.8 Å². The third-order valence-corrected chi connectivity index (χ3v) is 8.27. The van der Waals surface area contributed by atoms with E-state index in [0.29, 0.717) is 13.2 Å². The van der Waals surface area contributed by atoms with Crippen LogP contribution in [0.2, 0.25) is 0 Å². The van der Waals surface area contributed by atoms with E-state index in [4.69, 9.17) is 24.7 Å². The molecular formula is C34H59NO5. The number of rotatable bonds is 20. The number of carbonyl (C=O) groups excluding carboxylic acids is 1. The summed E-state index contributed by atoms with van der Waals surface area (Å²) in [6.07, 6.45) is 14.2. The molecule has 0 radical (unpaired) electrons. The fourth-order valence-electron chi connectivity index (χ4n) is 5.51. The van der Waals surface area contributed by atoms with Crippen molar-refractivity contribution in [2.24, 2.45) is 17.6 Å². The Labute approximate surface area is 245 Å².